The van der Waals surface area contributed by atoms with Gasteiger partial charge in [-0.15, -0.1) is 11.6 Å². The van der Waals surface area contributed by atoms with Crippen LogP contribution < -0.4 is 4.90 Å². The number of hydrogen-bond donors (Lipinski definition) is 0. The van der Waals surface area contributed by atoms with Crippen LogP contribution in [0.4, 0.5) is 5.82 Å². The van der Waals surface area contributed by atoms with Crippen molar-refractivity contribution in [1.29, 1.82) is 0 Å². The van der Waals surface area contributed by atoms with Gasteiger partial charge in [-0.1, -0.05) is 0 Å². The van der Waals surface area contributed by atoms with Crippen LogP contribution in [-0.2, 0) is 10.0 Å². The predicted octanol–water partition coefficient (Wildman–Crippen LogP) is 1.40. The van der Waals surface area contributed by atoms with Crippen molar-refractivity contribution in [2.75, 3.05) is 32.6 Å². The molecule has 1 rings (SSSR count). The normalized spacial score (nSPS) is 13.7. The first-order chi connectivity index (χ1) is 8.25. The van der Waals surface area contributed by atoms with E-state index in [1.165, 1.54) is 20.3 Å². The molecule has 0 saturated heterocycles. The van der Waals surface area contributed by atoms with Gasteiger partial charge in [-0.25, -0.2) is 17.7 Å². The molecule has 0 bridgehead atoms. The molecule has 1 atom stereocenters. The van der Waals surface area contributed by atoms with Crippen molar-refractivity contribution >= 4 is 27.4 Å². The van der Waals surface area contributed by atoms with Crippen molar-refractivity contribution in [2.24, 2.45) is 0 Å². The maximum absolute atomic E-state index is 11.8. The SMILES string of the molecule is CC(Cl)CN(C)c1ccc(S(=O)(=O)N(C)C)cn1. The van der Waals surface area contributed by atoms with E-state index in [2.05, 4.69) is 4.98 Å². The van der Waals surface area contributed by atoms with E-state index in [1.54, 1.807) is 12.1 Å². The van der Waals surface area contributed by atoms with Gasteiger partial charge in [0.05, 0.1) is 0 Å². The molecule has 0 amide bonds. The molecular formula is C11H18ClN3O2S. The molecule has 0 spiro atoms. The van der Waals surface area contributed by atoms with Crippen LogP contribution in [0.5, 0.6) is 0 Å². The quantitative estimate of drug-likeness (QED) is 0.770. The van der Waals surface area contributed by atoms with Gasteiger partial charge in [0.1, 0.15) is 10.7 Å². The minimum Gasteiger partial charge on any atom is -0.358 e. The Morgan fingerprint density at radius 2 is 1.94 bits per heavy atom. The van der Waals surface area contributed by atoms with Crippen LogP contribution in [0.1, 0.15) is 6.92 Å². The van der Waals surface area contributed by atoms with Crippen molar-refractivity contribution in [1.82, 2.24) is 9.29 Å². The molecule has 0 fully saturated rings. The van der Waals surface area contributed by atoms with Crippen LogP contribution in [0, 0.1) is 0 Å². The Morgan fingerprint density at radius 1 is 1.33 bits per heavy atom. The largest absolute Gasteiger partial charge is 0.358 e. The van der Waals surface area contributed by atoms with E-state index in [4.69, 9.17) is 11.6 Å². The Labute approximate surface area is 113 Å². The summed E-state index contributed by atoms with van der Waals surface area (Å²) < 4.78 is 24.8. The zero-order chi connectivity index (χ0) is 13.9. The van der Waals surface area contributed by atoms with E-state index in [-0.39, 0.29) is 10.3 Å². The van der Waals surface area contributed by atoms with E-state index < -0.39 is 10.0 Å². The molecule has 7 heteroatoms. The van der Waals surface area contributed by atoms with Gasteiger partial charge in [-0.3, -0.25) is 0 Å². The molecular weight excluding hydrogens is 274 g/mol. The van der Waals surface area contributed by atoms with E-state index in [0.717, 1.165) is 4.31 Å². The Morgan fingerprint density at radius 3 is 2.33 bits per heavy atom. The summed E-state index contributed by atoms with van der Waals surface area (Å²) in [5.41, 5.74) is 0. The first-order valence-electron chi connectivity index (χ1n) is 5.49. The summed E-state index contributed by atoms with van der Waals surface area (Å²) >= 11 is 5.90. The molecule has 0 aromatic carbocycles. The monoisotopic (exact) mass is 291 g/mol. The Bertz CT molecular complexity index is 486. The molecule has 1 aromatic heterocycles. The number of alkyl halides is 1. The van der Waals surface area contributed by atoms with Crippen molar-refractivity contribution in [3.8, 4) is 0 Å². The van der Waals surface area contributed by atoms with Gasteiger partial charge in [-0.05, 0) is 19.1 Å². The molecule has 1 unspecified atom stereocenters. The molecule has 0 saturated carbocycles. The second-order valence-corrected chi connectivity index (χ2v) is 7.20. The molecule has 0 aliphatic carbocycles. The summed E-state index contributed by atoms with van der Waals surface area (Å²) in [6, 6.07) is 3.22. The van der Waals surface area contributed by atoms with E-state index in [0.29, 0.717) is 12.4 Å². The molecule has 0 N–H and O–H groups in total. The van der Waals surface area contributed by atoms with Crippen LogP contribution in [0.2, 0.25) is 0 Å². The molecule has 0 aliphatic heterocycles. The number of rotatable bonds is 5. The maximum Gasteiger partial charge on any atom is 0.244 e. The lowest BCUT2D eigenvalue weighted by Crippen LogP contribution is -2.25. The fourth-order valence-corrected chi connectivity index (χ4v) is 2.49. The number of anilines is 1. The summed E-state index contributed by atoms with van der Waals surface area (Å²) in [5, 5.41) is 0.00184. The van der Waals surface area contributed by atoms with E-state index >= 15 is 0 Å². The third-order valence-corrected chi connectivity index (χ3v) is 4.35. The molecule has 1 heterocycles. The fraction of sp³-hybridized carbons (Fsp3) is 0.545. The maximum atomic E-state index is 11.8. The smallest absolute Gasteiger partial charge is 0.244 e. The van der Waals surface area contributed by atoms with Gasteiger partial charge in [0.25, 0.3) is 0 Å². The number of aromatic nitrogens is 1. The van der Waals surface area contributed by atoms with E-state index in [1.807, 2.05) is 18.9 Å². The van der Waals surface area contributed by atoms with Gasteiger partial charge in [0.15, 0.2) is 0 Å². The summed E-state index contributed by atoms with van der Waals surface area (Å²) in [6.45, 7) is 2.54. The van der Waals surface area contributed by atoms with Crippen molar-refractivity contribution in [3.63, 3.8) is 0 Å². The summed E-state index contributed by atoms with van der Waals surface area (Å²) in [4.78, 5) is 6.20. The average molecular weight is 292 g/mol. The third kappa shape index (κ3) is 3.57. The zero-order valence-electron chi connectivity index (χ0n) is 11.0. The molecule has 0 radical (unpaired) electrons. The highest BCUT2D eigenvalue weighted by molar-refractivity contribution is 7.89. The lowest BCUT2D eigenvalue weighted by atomic mass is 10.4. The van der Waals surface area contributed by atoms with Crippen LogP contribution in [0.3, 0.4) is 0 Å². The first-order valence-corrected chi connectivity index (χ1v) is 7.36. The lowest BCUT2D eigenvalue weighted by molar-refractivity contribution is 0.520. The second-order valence-electron chi connectivity index (χ2n) is 4.30. The molecule has 1 aromatic rings. The Hall–Kier alpha value is -0.850. The van der Waals surface area contributed by atoms with Gasteiger partial charge in [0.2, 0.25) is 10.0 Å². The molecule has 102 valence electrons. The molecule has 18 heavy (non-hydrogen) atoms. The Kier molecular flexibility index (Phi) is 4.95. The highest BCUT2D eigenvalue weighted by atomic mass is 35.5. The molecule has 5 nitrogen and oxygen atoms in total. The van der Waals surface area contributed by atoms with Crippen molar-refractivity contribution in [2.45, 2.75) is 17.2 Å². The minimum atomic E-state index is -3.42. The number of halogens is 1. The topological polar surface area (TPSA) is 53.5 Å². The fourth-order valence-electron chi connectivity index (χ4n) is 1.43. The van der Waals surface area contributed by atoms with E-state index in [9.17, 15) is 8.42 Å². The number of sulfonamides is 1. The third-order valence-electron chi connectivity index (χ3n) is 2.42. The van der Waals surface area contributed by atoms with Crippen molar-refractivity contribution in [3.05, 3.63) is 18.3 Å². The number of hydrogen-bond acceptors (Lipinski definition) is 4. The lowest BCUT2D eigenvalue weighted by Gasteiger charge is -2.19. The first kappa shape index (κ1) is 15.2. The standard InChI is InChI=1S/C11H18ClN3O2S/c1-9(12)8-15(4)11-6-5-10(7-13-11)18(16,17)14(2)3/h5-7,9H,8H2,1-4H3. The summed E-state index contributed by atoms with van der Waals surface area (Å²) in [5.74, 6) is 0.695. The predicted molar refractivity (Wildman–Crippen MR) is 73.7 cm³/mol. The van der Waals surface area contributed by atoms with Gasteiger partial charge >= 0.3 is 0 Å². The van der Waals surface area contributed by atoms with Gasteiger partial charge < -0.3 is 4.90 Å². The van der Waals surface area contributed by atoms with Gasteiger partial charge in [-0.2, -0.15) is 0 Å². The minimum absolute atomic E-state index is 0.00184. The van der Waals surface area contributed by atoms with Crippen LogP contribution in [0.25, 0.3) is 0 Å². The van der Waals surface area contributed by atoms with Crippen LogP contribution in [0.15, 0.2) is 23.2 Å². The van der Waals surface area contributed by atoms with Crippen molar-refractivity contribution < 1.29 is 8.42 Å². The summed E-state index contributed by atoms with van der Waals surface area (Å²) in [7, 11) is 1.43. The van der Waals surface area contributed by atoms with Gasteiger partial charge in [0, 0.05) is 39.3 Å². The summed E-state index contributed by atoms with van der Waals surface area (Å²) in [6.07, 6.45) is 1.36. The average Bonchev–Trinajstić information content (AvgIpc) is 2.28. The molecule has 0 aliphatic rings. The zero-order valence-corrected chi connectivity index (χ0v) is 12.5. The highest BCUT2D eigenvalue weighted by Crippen LogP contribution is 2.16. The number of pyridine rings is 1. The highest BCUT2D eigenvalue weighted by Gasteiger charge is 2.17. The Balaban J connectivity index is 2.94. The van der Waals surface area contributed by atoms with Crippen LogP contribution in [-0.4, -0.2) is 50.8 Å². The van der Waals surface area contributed by atoms with Crippen LogP contribution >= 0.6 is 11.6 Å². The number of nitrogens with zero attached hydrogens (tertiary/aromatic N) is 3. The second kappa shape index (κ2) is 5.86.